The lowest BCUT2D eigenvalue weighted by Gasteiger charge is -2.19. The quantitative estimate of drug-likeness (QED) is 0.689. The van der Waals surface area contributed by atoms with E-state index >= 15 is 0 Å². The highest BCUT2D eigenvalue weighted by molar-refractivity contribution is 5.78. The third-order valence-electron chi connectivity index (χ3n) is 3.04. The van der Waals surface area contributed by atoms with E-state index < -0.39 is 0 Å². The summed E-state index contributed by atoms with van der Waals surface area (Å²) in [5, 5.41) is 17.9. The average Bonchev–Trinajstić information content (AvgIpc) is 2.40. The molecule has 0 fully saturated rings. The van der Waals surface area contributed by atoms with Crippen LogP contribution in [-0.2, 0) is 6.42 Å². The minimum atomic E-state index is 0.221. The van der Waals surface area contributed by atoms with Crippen molar-refractivity contribution in [2.45, 2.75) is 19.3 Å². The van der Waals surface area contributed by atoms with Crippen LogP contribution < -0.4 is 4.74 Å². The predicted octanol–water partition coefficient (Wildman–Crippen LogP) is 2.83. The number of hydrogen-bond acceptors (Lipinski definition) is 3. The molecule has 17 heavy (non-hydrogen) atoms. The molecule has 2 rings (SSSR count). The Morgan fingerprint density at radius 3 is 2.65 bits per heavy atom. The highest BCUT2D eigenvalue weighted by Gasteiger charge is 2.18. The number of ether oxygens (including phenoxy) is 1. The zero-order valence-electron chi connectivity index (χ0n) is 9.66. The van der Waals surface area contributed by atoms with Gasteiger partial charge in [-0.05, 0) is 48.1 Å². The molecule has 0 saturated carbocycles. The molecule has 0 N–H and O–H groups in total. The third-order valence-corrected chi connectivity index (χ3v) is 3.04. The van der Waals surface area contributed by atoms with Gasteiger partial charge in [-0.25, -0.2) is 0 Å². The normalized spacial score (nSPS) is 13.2. The van der Waals surface area contributed by atoms with Crippen molar-refractivity contribution in [2.24, 2.45) is 0 Å². The van der Waals surface area contributed by atoms with Crippen LogP contribution in [0.5, 0.6) is 5.75 Å². The van der Waals surface area contributed by atoms with Gasteiger partial charge in [-0.15, -0.1) is 0 Å². The molecule has 1 aliphatic carbocycles. The SMILES string of the molecule is COc1ccc2c(c1)C(=C(C#N)C#N)CCC2. The molecule has 1 aromatic rings. The average molecular weight is 224 g/mol. The van der Waals surface area contributed by atoms with E-state index in [0.717, 1.165) is 36.1 Å². The summed E-state index contributed by atoms with van der Waals surface area (Å²) in [5.74, 6) is 0.762. The van der Waals surface area contributed by atoms with Crippen molar-refractivity contribution < 1.29 is 4.74 Å². The number of hydrogen-bond donors (Lipinski definition) is 0. The second-order valence-electron chi connectivity index (χ2n) is 3.95. The van der Waals surface area contributed by atoms with Crippen LogP contribution in [0.2, 0.25) is 0 Å². The monoisotopic (exact) mass is 224 g/mol. The fourth-order valence-electron chi connectivity index (χ4n) is 2.19. The molecule has 0 atom stereocenters. The Bertz CT molecular complexity index is 543. The number of rotatable bonds is 1. The van der Waals surface area contributed by atoms with Crippen LogP contribution in [0.1, 0.15) is 24.0 Å². The zero-order valence-corrected chi connectivity index (χ0v) is 9.66. The topological polar surface area (TPSA) is 56.8 Å². The molecule has 0 saturated heterocycles. The summed E-state index contributed by atoms with van der Waals surface area (Å²) in [4.78, 5) is 0. The number of methoxy groups -OCH3 is 1. The maximum atomic E-state index is 8.97. The molecule has 0 bridgehead atoms. The van der Waals surface area contributed by atoms with Crippen LogP contribution in [0.4, 0.5) is 0 Å². The van der Waals surface area contributed by atoms with E-state index in [0.29, 0.717) is 0 Å². The molecule has 0 aliphatic heterocycles. The number of allylic oxidation sites excluding steroid dienone is 2. The first kappa shape index (κ1) is 11.2. The lowest BCUT2D eigenvalue weighted by Crippen LogP contribution is -2.04. The van der Waals surface area contributed by atoms with Crippen molar-refractivity contribution in [3.63, 3.8) is 0 Å². The second kappa shape index (κ2) is 4.72. The highest BCUT2D eigenvalue weighted by Crippen LogP contribution is 2.34. The molecule has 0 heterocycles. The summed E-state index contributed by atoms with van der Waals surface area (Å²) in [7, 11) is 1.61. The molecule has 0 amide bonds. The lowest BCUT2D eigenvalue weighted by atomic mass is 9.85. The molecular formula is C14H12N2O. The van der Waals surface area contributed by atoms with Gasteiger partial charge in [0.05, 0.1) is 7.11 Å². The van der Waals surface area contributed by atoms with Crippen LogP contribution in [0.25, 0.3) is 5.57 Å². The van der Waals surface area contributed by atoms with Crippen molar-refractivity contribution in [1.29, 1.82) is 10.5 Å². The van der Waals surface area contributed by atoms with Crippen LogP contribution in [-0.4, -0.2) is 7.11 Å². The standard InChI is InChI=1S/C14H12N2O/c1-17-12-6-5-10-3-2-4-13(14(10)7-12)11(8-15)9-16/h5-7H,2-4H2,1H3. The molecule has 0 spiro atoms. The number of aryl methyl sites for hydroxylation is 1. The third kappa shape index (κ3) is 2.00. The first-order chi connectivity index (χ1) is 8.30. The Morgan fingerprint density at radius 1 is 1.24 bits per heavy atom. The van der Waals surface area contributed by atoms with E-state index in [1.807, 2.05) is 30.3 Å². The Hall–Kier alpha value is -2.26. The van der Waals surface area contributed by atoms with Crippen LogP contribution in [0.3, 0.4) is 0 Å². The molecule has 0 unspecified atom stereocenters. The van der Waals surface area contributed by atoms with Crippen LogP contribution in [0, 0.1) is 22.7 Å². The number of fused-ring (bicyclic) bond motifs is 1. The first-order valence-corrected chi connectivity index (χ1v) is 5.50. The number of nitrogens with zero attached hydrogens (tertiary/aromatic N) is 2. The molecule has 0 aromatic heterocycles. The van der Waals surface area contributed by atoms with Crippen molar-refractivity contribution in [3.8, 4) is 17.9 Å². The highest BCUT2D eigenvalue weighted by atomic mass is 16.5. The van der Waals surface area contributed by atoms with Crippen LogP contribution in [0.15, 0.2) is 23.8 Å². The van der Waals surface area contributed by atoms with Crippen molar-refractivity contribution in [3.05, 3.63) is 34.9 Å². The fraction of sp³-hybridized carbons (Fsp3) is 0.286. The van der Waals surface area contributed by atoms with Gasteiger partial charge in [0.1, 0.15) is 23.5 Å². The van der Waals surface area contributed by atoms with Gasteiger partial charge in [0, 0.05) is 0 Å². The lowest BCUT2D eigenvalue weighted by molar-refractivity contribution is 0.414. The zero-order chi connectivity index (χ0) is 12.3. The van der Waals surface area contributed by atoms with Gasteiger partial charge in [0.15, 0.2) is 0 Å². The van der Waals surface area contributed by atoms with Gasteiger partial charge in [-0.3, -0.25) is 0 Å². The van der Waals surface area contributed by atoms with E-state index in [4.69, 9.17) is 15.3 Å². The first-order valence-electron chi connectivity index (χ1n) is 5.50. The predicted molar refractivity (Wildman–Crippen MR) is 64.1 cm³/mol. The summed E-state index contributed by atoms with van der Waals surface area (Å²) in [6.45, 7) is 0. The number of benzene rings is 1. The Kier molecular flexibility index (Phi) is 3.12. The molecule has 1 aromatic carbocycles. The summed E-state index contributed by atoms with van der Waals surface area (Å²) in [6, 6.07) is 9.80. The van der Waals surface area contributed by atoms with Gasteiger partial charge in [0.2, 0.25) is 0 Å². The summed E-state index contributed by atoms with van der Waals surface area (Å²) in [6.07, 6.45) is 2.77. The molecular weight excluding hydrogens is 212 g/mol. The maximum absolute atomic E-state index is 8.97. The van der Waals surface area contributed by atoms with E-state index in [9.17, 15) is 0 Å². The van der Waals surface area contributed by atoms with E-state index in [-0.39, 0.29) is 5.57 Å². The summed E-state index contributed by atoms with van der Waals surface area (Å²) >= 11 is 0. The van der Waals surface area contributed by atoms with Gasteiger partial charge in [-0.2, -0.15) is 10.5 Å². The van der Waals surface area contributed by atoms with Gasteiger partial charge >= 0.3 is 0 Å². The second-order valence-corrected chi connectivity index (χ2v) is 3.95. The van der Waals surface area contributed by atoms with E-state index in [2.05, 4.69) is 0 Å². The Morgan fingerprint density at radius 2 is 2.00 bits per heavy atom. The Balaban J connectivity index is 2.62. The van der Waals surface area contributed by atoms with Gasteiger partial charge in [0.25, 0.3) is 0 Å². The molecule has 3 nitrogen and oxygen atoms in total. The van der Waals surface area contributed by atoms with E-state index in [1.165, 1.54) is 5.56 Å². The Labute approximate surface area is 101 Å². The molecule has 84 valence electrons. The summed E-state index contributed by atoms with van der Waals surface area (Å²) in [5.41, 5.74) is 3.26. The van der Waals surface area contributed by atoms with Crippen molar-refractivity contribution in [1.82, 2.24) is 0 Å². The van der Waals surface area contributed by atoms with Gasteiger partial charge < -0.3 is 4.74 Å². The smallest absolute Gasteiger partial charge is 0.133 e. The molecule has 1 aliphatic rings. The minimum Gasteiger partial charge on any atom is -0.497 e. The molecule has 3 heteroatoms. The fourth-order valence-corrected chi connectivity index (χ4v) is 2.19. The summed E-state index contributed by atoms with van der Waals surface area (Å²) < 4.78 is 5.19. The van der Waals surface area contributed by atoms with Crippen molar-refractivity contribution in [2.75, 3.05) is 7.11 Å². The number of nitriles is 2. The largest absolute Gasteiger partial charge is 0.497 e. The van der Waals surface area contributed by atoms with E-state index in [1.54, 1.807) is 7.11 Å². The van der Waals surface area contributed by atoms with Crippen molar-refractivity contribution >= 4 is 5.57 Å². The van der Waals surface area contributed by atoms with Crippen LogP contribution >= 0.6 is 0 Å². The minimum absolute atomic E-state index is 0.221. The maximum Gasteiger partial charge on any atom is 0.133 e. The molecule has 0 radical (unpaired) electrons. The van der Waals surface area contributed by atoms with Gasteiger partial charge in [-0.1, -0.05) is 6.07 Å².